The summed E-state index contributed by atoms with van der Waals surface area (Å²) in [5, 5.41) is 2.44. The summed E-state index contributed by atoms with van der Waals surface area (Å²) in [5.41, 5.74) is -12.0. The van der Waals surface area contributed by atoms with E-state index in [0.29, 0.717) is 0 Å². The number of amides is 2. The fraction of sp³-hybridized carbons (Fsp3) is 0.174. The number of nitrogens with zero attached hydrogens (tertiary/aromatic N) is 2. The van der Waals surface area contributed by atoms with Crippen molar-refractivity contribution in [3.63, 3.8) is 0 Å². The first-order valence-corrected chi connectivity index (χ1v) is 12.1. The highest BCUT2D eigenvalue weighted by atomic mass is 127. The van der Waals surface area contributed by atoms with Crippen molar-refractivity contribution in [3.8, 4) is 0 Å². The summed E-state index contributed by atoms with van der Waals surface area (Å²) in [6.07, 6.45) is -17.5. The van der Waals surface area contributed by atoms with Crippen LogP contribution in [0.2, 0.25) is 0 Å². The van der Waals surface area contributed by atoms with Crippen molar-refractivity contribution in [1.29, 1.82) is 0 Å². The van der Waals surface area contributed by atoms with Crippen LogP contribution in [0.3, 0.4) is 0 Å². The summed E-state index contributed by atoms with van der Waals surface area (Å²) < 4.78 is 135. The van der Waals surface area contributed by atoms with Crippen LogP contribution in [-0.2, 0) is 11.8 Å². The fourth-order valence-corrected chi connectivity index (χ4v) is 4.47. The number of hydrogen-bond acceptors (Lipinski definition) is 3. The van der Waals surface area contributed by atoms with Gasteiger partial charge >= 0.3 is 24.2 Å². The highest BCUT2D eigenvalue weighted by Gasteiger charge is 2.73. The molecule has 5 nitrogen and oxygen atoms in total. The van der Waals surface area contributed by atoms with Crippen molar-refractivity contribution in [2.24, 2.45) is 0 Å². The van der Waals surface area contributed by atoms with E-state index in [2.05, 4.69) is 26.2 Å². The number of alkyl halides is 10. The van der Waals surface area contributed by atoms with E-state index in [1.54, 1.807) is 0 Å². The maximum Gasteiger partial charge on any atom is 0.435 e. The van der Waals surface area contributed by atoms with Crippen molar-refractivity contribution in [1.82, 2.24) is 4.98 Å². The van der Waals surface area contributed by atoms with Gasteiger partial charge in [-0.15, -0.1) is 0 Å². The van der Waals surface area contributed by atoms with Gasteiger partial charge in [0.25, 0.3) is 11.8 Å². The smallest absolute Gasteiger partial charge is 0.322 e. The van der Waals surface area contributed by atoms with Gasteiger partial charge in [-0.1, -0.05) is 12.1 Å². The lowest BCUT2D eigenvalue weighted by atomic mass is 9.92. The molecular weight excluding hydrogens is 747 g/mol. The van der Waals surface area contributed by atoms with Gasteiger partial charge in [0.1, 0.15) is 4.60 Å². The Kier molecular flexibility index (Phi) is 8.79. The van der Waals surface area contributed by atoms with E-state index >= 15 is 0 Å². The van der Waals surface area contributed by atoms with Gasteiger partial charge < -0.3 is 5.32 Å². The Morgan fingerprint density at radius 1 is 0.850 bits per heavy atom. The first-order valence-electron chi connectivity index (χ1n) is 10.3. The van der Waals surface area contributed by atoms with Crippen LogP contribution >= 0.6 is 38.8 Å². The van der Waals surface area contributed by atoms with E-state index in [-0.39, 0.29) is 36.7 Å². The Morgan fingerprint density at radius 2 is 1.48 bits per heavy atom. The number of anilines is 2. The molecule has 0 aliphatic heterocycles. The minimum Gasteiger partial charge on any atom is -0.322 e. The van der Waals surface area contributed by atoms with E-state index in [1.165, 1.54) is 30.5 Å². The van der Waals surface area contributed by atoms with Crippen LogP contribution in [0.15, 0.2) is 65.4 Å². The standard InChI is InChI=1S/C23H11BrF10IN3O2/c24-17-14(5-2-8-36-17)18(39)37-13-4-1-3-11(9-13)19(40)38(35)16-7-6-12(10-15(16)21(26,27)28)20(25,22(29,30)31)23(32,33)34/h1-10H,(H,37,39). The van der Waals surface area contributed by atoms with Crippen LogP contribution in [0, 0.1) is 0 Å². The summed E-state index contributed by atoms with van der Waals surface area (Å²) in [7, 11) is 0. The second-order valence-electron chi connectivity index (χ2n) is 7.85. The molecular formula is C23H11BrF10IN3O2. The summed E-state index contributed by atoms with van der Waals surface area (Å²) in [4.78, 5) is 29.3. The van der Waals surface area contributed by atoms with E-state index in [4.69, 9.17) is 0 Å². The second-order valence-corrected chi connectivity index (χ2v) is 9.56. The van der Waals surface area contributed by atoms with Gasteiger partial charge in [0.2, 0.25) is 0 Å². The average Bonchev–Trinajstić information content (AvgIpc) is 2.85. The molecule has 0 bridgehead atoms. The van der Waals surface area contributed by atoms with Crippen LogP contribution in [0.1, 0.15) is 31.8 Å². The molecule has 0 aliphatic carbocycles. The Bertz CT molecular complexity index is 1430. The number of aromatic nitrogens is 1. The van der Waals surface area contributed by atoms with Crippen LogP contribution in [-0.4, -0.2) is 29.2 Å². The zero-order valence-corrected chi connectivity index (χ0v) is 22.8. The third-order valence-corrected chi connectivity index (χ3v) is 6.83. The molecule has 1 aromatic heterocycles. The van der Waals surface area contributed by atoms with E-state index < -0.39 is 58.9 Å². The van der Waals surface area contributed by atoms with Gasteiger partial charge in [-0.2, -0.15) is 39.5 Å². The van der Waals surface area contributed by atoms with Gasteiger partial charge in [0.05, 0.1) is 39.7 Å². The predicted molar refractivity (Wildman–Crippen MR) is 134 cm³/mol. The van der Waals surface area contributed by atoms with Crippen LogP contribution < -0.4 is 8.43 Å². The number of nitrogens with one attached hydrogen (secondary N) is 1. The highest BCUT2D eigenvalue weighted by Crippen LogP contribution is 2.54. The number of hydrogen-bond donors (Lipinski definition) is 1. The molecule has 3 aromatic rings. The lowest BCUT2D eigenvalue weighted by Gasteiger charge is -2.31. The van der Waals surface area contributed by atoms with Crippen molar-refractivity contribution in [3.05, 3.63) is 87.7 Å². The molecule has 0 aliphatic rings. The maximum absolute atomic E-state index is 14.4. The molecule has 0 radical (unpaired) electrons. The average molecular weight is 758 g/mol. The normalized spacial score (nSPS) is 12.7. The minimum atomic E-state index is -6.65. The van der Waals surface area contributed by atoms with Gasteiger partial charge in [0.15, 0.2) is 0 Å². The molecule has 0 unspecified atom stereocenters. The lowest BCUT2D eigenvalue weighted by Crippen LogP contribution is -2.50. The molecule has 40 heavy (non-hydrogen) atoms. The Labute approximate surface area is 240 Å². The van der Waals surface area contributed by atoms with Crippen LogP contribution in [0.4, 0.5) is 55.3 Å². The summed E-state index contributed by atoms with van der Waals surface area (Å²) in [5.74, 6) is -1.87. The molecule has 0 saturated heterocycles. The van der Waals surface area contributed by atoms with E-state index in [1.807, 2.05) is 0 Å². The third-order valence-electron chi connectivity index (χ3n) is 5.24. The Hall–Kier alpha value is -2.96. The van der Waals surface area contributed by atoms with Gasteiger partial charge in [0, 0.05) is 23.0 Å². The first-order chi connectivity index (χ1) is 18.3. The van der Waals surface area contributed by atoms with Gasteiger partial charge in [-0.3, -0.25) is 9.59 Å². The highest BCUT2D eigenvalue weighted by molar-refractivity contribution is 14.1. The largest absolute Gasteiger partial charge is 0.435 e. The molecule has 1 heterocycles. The van der Waals surface area contributed by atoms with Crippen LogP contribution in [0.25, 0.3) is 0 Å². The van der Waals surface area contributed by atoms with Crippen LogP contribution in [0.5, 0.6) is 0 Å². The number of benzene rings is 2. The molecule has 0 atom stereocenters. The monoisotopic (exact) mass is 757 g/mol. The quantitative estimate of drug-likeness (QED) is 0.123. The summed E-state index contributed by atoms with van der Waals surface area (Å²) >= 11 is 4.14. The zero-order chi connectivity index (χ0) is 30.3. The molecule has 17 heteroatoms. The molecule has 0 saturated carbocycles. The van der Waals surface area contributed by atoms with Crippen molar-refractivity contribution < 1.29 is 53.5 Å². The van der Waals surface area contributed by atoms with Crippen molar-refractivity contribution in [2.75, 3.05) is 8.43 Å². The number of halogens is 12. The molecule has 2 amide bonds. The topological polar surface area (TPSA) is 62.3 Å². The Morgan fingerprint density at radius 3 is 2.02 bits per heavy atom. The Balaban J connectivity index is 2.00. The minimum absolute atomic E-state index is 0.0142. The molecule has 0 fully saturated rings. The zero-order valence-electron chi connectivity index (χ0n) is 19.0. The first kappa shape index (κ1) is 31.6. The molecule has 0 spiro atoms. The van der Waals surface area contributed by atoms with E-state index in [9.17, 15) is 53.5 Å². The molecule has 3 rings (SSSR count). The summed E-state index contributed by atoms with van der Waals surface area (Å²) in [6, 6.07) is 7.02. The van der Waals surface area contributed by atoms with Gasteiger partial charge in [-0.25, -0.2) is 12.5 Å². The van der Waals surface area contributed by atoms with Gasteiger partial charge in [-0.05, 0) is 58.4 Å². The predicted octanol–water partition coefficient (Wildman–Crippen LogP) is 8.40. The molecule has 214 valence electrons. The van der Waals surface area contributed by atoms with E-state index in [0.717, 1.165) is 35.0 Å². The molecule has 2 aromatic carbocycles. The maximum atomic E-state index is 14.4. The molecule has 1 N–H and O–H groups in total. The van der Waals surface area contributed by atoms with Crippen molar-refractivity contribution in [2.45, 2.75) is 24.2 Å². The number of pyridine rings is 1. The lowest BCUT2D eigenvalue weighted by molar-refractivity contribution is -0.348. The fourth-order valence-electron chi connectivity index (χ4n) is 3.34. The second kappa shape index (κ2) is 11.1. The van der Waals surface area contributed by atoms with Crippen molar-refractivity contribution >= 4 is 62.0 Å². The SMILES string of the molecule is O=C(Nc1cccc(C(=O)N(I)c2ccc(C(F)(C(F)(F)F)C(F)(F)F)cc2C(F)(F)F)c1)c1cccnc1Br. The number of rotatable bonds is 5. The summed E-state index contributed by atoms with van der Waals surface area (Å²) in [6.45, 7) is 0. The number of carbonyl (C=O) groups is 2. The third kappa shape index (κ3) is 6.18. The number of carbonyl (C=O) groups excluding carboxylic acids is 2.